The van der Waals surface area contributed by atoms with Gasteiger partial charge in [0.2, 0.25) is 11.8 Å². The normalized spacial score (nSPS) is 10.9. The van der Waals surface area contributed by atoms with E-state index in [0.717, 1.165) is 28.2 Å². The van der Waals surface area contributed by atoms with Crippen molar-refractivity contribution in [1.29, 1.82) is 0 Å². The quantitative estimate of drug-likeness (QED) is 0.347. The molecular formula is C22H22ClN5O2. The number of nitrogens with zero attached hydrogens (tertiary/aromatic N) is 3. The van der Waals surface area contributed by atoms with E-state index in [0.29, 0.717) is 11.6 Å². The number of hydrazone groups is 1. The van der Waals surface area contributed by atoms with Crippen LogP contribution in [0.3, 0.4) is 0 Å². The lowest BCUT2D eigenvalue weighted by molar-refractivity contribution is -0.129. The number of hydrogen-bond acceptors (Lipinski definition) is 4. The van der Waals surface area contributed by atoms with Gasteiger partial charge in [0.1, 0.15) is 6.42 Å². The molecule has 30 heavy (non-hydrogen) atoms. The molecule has 7 nitrogen and oxygen atoms in total. The lowest BCUT2D eigenvalue weighted by Gasteiger charge is -2.09. The third-order valence-corrected chi connectivity index (χ3v) is 4.73. The van der Waals surface area contributed by atoms with Crippen molar-refractivity contribution in [3.05, 3.63) is 82.4 Å². The van der Waals surface area contributed by atoms with E-state index in [1.807, 2.05) is 50.2 Å². The summed E-state index contributed by atoms with van der Waals surface area (Å²) in [6.45, 7) is 4.28. The van der Waals surface area contributed by atoms with Crippen molar-refractivity contribution >= 4 is 29.6 Å². The van der Waals surface area contributed by atoms with Crippen molar-refractivity contribution in [2.24, 2.45) is 5.10 Å². The van der Waals surface area contributed by atoms with Crippen molar-refractivity contribution in [3.63, 3.8) is 0 Å². The number of hydrogen-bond donors (Lipinski definition) is 2. The van der Waals surface area contributed by atoms with Crippen LogP contribution in [0.15, 0.2) is 60.0 Å². The van der Waals surface area contributed by atoms with Crippen molar-refractivity contribution in [3.8, 4) is 5.69 Å². The Hall–Kier alpha value is -3.45. The predicted octanol–water partition coefficient (Wildman–Crippen LogP) is 3.30. The summed E-state index contributed by atoms with van der Waals surface area (Å²) in [5.74, 6) is -0.867. The Morgan fingerprint density at radius 1 is 1.17 bits per heavy atom. The zero-order valence-corrected chi connectivity index (χ0v) is 17.5. The van der Waals surface area contributed by atoms with Gasteiger partial charge in [0.15, 0.2) is 0 Å². The van der Waals surface area contributed by atoms with Crippen LogP contribution in [0.25, 0.3) is 5.69 Å². The first-order valence-corrected chi connectivity index (χ1v) is 9.74. The lowest BCUT2D eigenvalue weighted by atomic mass is 10.2. The van der Waals surface area contributed by atoms with E-state index < -0.39 is 5.91 Å². The monoisotopic (exact) mass is 423 g/mol. The second-order valence-corrected chi connectivity index (χ2v) is 7.18. The predicted molar refractivity (Wildman–Crippen MR) is 117 cm³/mol. The number of halogens is 1. The van der Waals surface area contributed by atoms with Gasteiger partial charge in [-0.2, -0.15) is 5.10 Å². The van der Waals surface area contributed by atoms with Crippen molar-refractivity contribution in [2.45, 2.75) is 26.8 Å². The van der Waals surface area contributed by atoms with Crippen LogP contribution >= 0.6 is 11.6 Å². The maximum atomic E-state index is 11.9. The molecule has 2 heterocycles. The summed E-state index contributed by atoms with van der Waals surface area (Å²) in [4.78, 5) is 27.8. The molecule has 154 valence electrons. The van der Waals surface area contributed by atoms with Gasteiger partial charge in [-0.25, -0.2) is 5.43 Å². The number of aromatic nitrogens is 2. The minimum absolute atomic E-state index is 0.304. The average molecular weight is 424 g/mol. The molecule has 0 radical (unpaired) electrons. The molecule has 0 unspecified atom stereocenters. The molecule has 1 aromatic carbocycles. The molecule has 3 aromatic rings. The molecule has 3 rings (SSSR count). The van der Waals surface area contributed by atoms with Crippen LogP contribution in [-0.2, 0) is 16.1 Å². The van der Waals surface area contributed by atoms with Gasteiger partial charge >= 0.3 is 0 Å². The molecule has 0 aliphatic heterocycles. The molecule has 0 aliphatic rings. The van der Waals surface area contributed by atoms with Crippen molar-refractivity contribution in [1.82, 2.24) is 20.3 Å². The zero-order chi connectivity index (χ0) is 21.5. The number of nitrogens with one attached hydrogen (secondary N) is 2. The summed E-state index contributed by atoms with van der Waals surface area (Å²) >= 11 is 5.97. The van der Waals surface area contributed by atoms with Crippen LogP contribution in [-0.4, -0.2) is 27.6 Å². The first-order chi connectivity index (χ1) is 14.4. The summed E-state index contributed by atoms with van der Waals surface area (Å²) in [5.41, 5.74) is 7.11. The summed E-state index contributed by atoms with van der Waals surface area (Å²) in [7, 11) is 0. The Morgan fingerprint density at radius 3 is 2.63 bits per heavy atom. The maximum absolute atomic E-state index is 11.9. The minimum atomic E-state index is -0.485. The van der Waals surface area contributed by atoms with Crippen LogP contribution in [0.1, 0.15) is 28.9 Å². The van der Waals surface area contributed by atoms with E-state index in [1.165, 1.54) is 0 Å². The SMILES string of the molecule is Cc1cc(/C=N/NC(=O)CC(=O)NCc2cccnc2)c(C)n1-c1ccc(Cl)cc1. The second kappa shape index (κ2) is 9.84. The first-order valence-electron chi connectivity index (χ1n) is 9.36. The molecule has 0 atom stereocenters. The highest BCUT2D eigenvalue weighted by Gasteiger charge is 2.11. The van der Waals surface area contributed by atoms with Gasteiger partial charge in [-0.15, -0.1) is 0 Å². The molecule has 0 saturated carbocycles. The third-order valence-electron chi connectivity index (χ3n) is 4.48. The number of carbonyl (C=O) groups excluding carboxylic acids is 2. The highest BCUT2D eigenvalue weighted by atomic mass is 35.5. The van der Waals surface area contributed by atoms with Crippen LogP contribution < -0.4 is 10.7 Å². The Kier molecular flexibility index (Phi) is 6.98. The minimum Gasteiger partial charge on any atom is -0.352 e. The van der Waals surface area contributed by atoms with E-state index >= 15 is 0 Å². The van der Waals surface area contributed by atoms with Crippen molar-refractivity contribution < 1.29 is 9.59 Å². The highest BCUT2D eigenvalue weighted by Crippen LogP contribution is 2.21. The van der Waals surface area contributed by atoms with Gasteiger partial charge in [-0.1, -0.05) is 17.7 Å². The van der Waals surface area contributed by atoms with E-state index in [9.17, 15) is 9.59 Å². The molecule has 0 aliphatic carbocycles. The highest BCUT2D eigenvalue weighted by molar-refractivity contribution is 6.30. The Balaban J connectivity index is 1.55. The number of rotatable bonds is 7. The van der Waals surface area contributed by atoms with Crippen molar-refractivity contribution in [2.75, 3.05) is 0 Å². The molecule has 2 aromatic heterocycles. The summed E-state index contributed by atoms with van der Waals surface area (Å²) in [5, 5.41) is 7.34. The summed E-state index contributed by atoms with van der Waals surface area (Å²) < 4.78 is 2.07. The molecular weight excluding hydrogens is 402 g/mol. The number of carbonyl (C=O) groups is 2. The summed E-state index contributed by atoms with van der Waals surface area (Å²) in [6.07, 6.45) is 4.58. The Bertz CT molecular complexity index is 1060. The van der Waals surface area contributed by atoms with E-state index in [-0.39, 0.29) is 12.3 Å². The van der Waals surface area contributed by atoms with Crippen LogP contribution in [0, 0.1) is 13.8 Å². The molecule has 0 bridgehead atoms. The summed E-state index contributed by atoms with van der Waals surface area (Å²) in [6, 6.07) is 13.2. The van der Waals surface area contributed by atoms with Gasteiger partial charge < -0.3 is 9.88 Å². The zero-order valence-electron chi connectivity index (χ0n) is 16.7. The number of pyridine rings is 1. The van der Waals surface area contributed by atoms with Gasteiger partial charge in [-0.3, -0.25) is 14.6 Å². The van der Waals surface area contributed by atoms with Crippen LogP contribution in [0.4, 0.5) is 0 Å². The topological polar surface area (TPSA) is 88.4 Å². The molecule has 0 fully saturated rings. The molecule has 0 spiro atoms. The fourth-order valence-corrected chi connectivity index (χ4v) is 3.16. The third kappa shape index (κ3) is 5.55. The standard InChI is InChI=1S/C22H22ClN5O2/c1-15-10-18(16(2)28(15)20-7-5-19(23)6-8-20)14-26-27-22(30)11-21(29)25-13-17-4-3-9-24-12-17/h3-10,12,14H,11,13H2,1-2H3,(H,25,29)(H,27,30)/b26-14+. The molecule has 2 amide bonds. The Morgan fingerprint density at radius 2 is 1.93 bits per heavy atom. The van der Waals surface area contributed by atoms with E-state index in [4.69, 9.17) is 11.6 Å². The van der Waals surface area contributed by atoms with E-state index in [1.54, 1.807) is 24.7 Å². The molecule has 0 saturated heterocycles. The Labute approximate surface area is 179 Å². The molecule has 8 heteroatoms. The van der Waals surface area contributed by atoms with E-state index in [2.05, 4.69) is 25.4 Å². The fourth-order valence-electron chi connectivity index (χ4n) is 3.03. The van der Waals surface area contributed by atoms with Gasteiger partial charge in [0, 0.05) is 46.6 Å². The van der Waals surface area contributed by atoms with Gasteiger partial charge in [-0.05, 0) is 55.8 Å². The molecule has 2 N–H and O–H groups in total. The average Bonchev–Trinajstić information content (AvgIpc) is 3.01. The van der Waals surface area contributed by atoms with Gasteiger partial charge in [0.25, 0.3) is 0 Å². The number of amides is 2. The van der Waals surface area contributed by atoms with Gasteiger partial charge in [0.05, 0.1) is 6.21 Å². The van der Waals surface area contributed by atoms with Crippen LogP contribution in [0.2, 0.25) is 5.02 Å². The smallest absolute Gasteiger partial charge is 0.249 e. The fraction of sp³-hybridized carbons (Fsp3) is 0.182. The second-order valence-electron chi connectivity index (χ2n) is 6.75. The largest absolute Gasteiger partial charge is 0.352 e. The maximum Gasteiger partial charge on any atom is 0.249 e. The van der Waals surface area contributed by atoms with Crippen LogP contribution in [0.5, 0.6) is 0 Å². The lowest BCUT2D eigenvalue weighted by Crippen LogP contribution is -2.29. The number of benzene rings is 1. The first kappa shape index (κ1) is 21.3. The number of aryl methyl sites for hydroxylation is 1.